The number of fused-ring (bicyclic) bond motifs is 1. The number of aromatic nitrogens is 2. The number of benzene rings is 3. The van der Waals surface area contributed by atoms with Gasteiger partial charge in [0.15, 0.2) is 17.3 Å². The number of para-hydroxylation sites is 1. The fraction of sp³-hybridized carbons (Fsp3) is 0.0833. The minimum atomic E-state index is -4.05. The molecule has 0 saturated heterocycles. The highest BCUT2D eigenvalue weighted by Gasteiger charge is 2.22. The molecule has 0 unspecified atom stereocenters. The van der Waals surface area contributed by atoms with Crippen molar-refractivity contribution < 1.29 is 27.1 Å². The monoisotopic (exact) mass is 494 g/mol. The van der Waals surface area contributed by atoms with Crippen molar-refractivity contribution in [3.63, 3.8) is 0 Å². The molecule has 0 saturated carbocycles. The third kappa shape index (κ3) is 4.66. The van der Waals surface area contributed by atoms with Crippen LogP contribution in [0.5, 0.6) is 11.5 Å². The summed E-state index contributed by atoms with van der Waals surface area (Å²) in [5.41, 5.74) is 0.548. The highest BCUT2D eigenvalue weighted by atomic mass is 32.2. The number of amides is 1. The second kappa shape index (κ2) is 9.11. The number of sulfonamides is 1. The number of nitrogens with one attached hydrogen (secondary N) is 2. The van der Waals surface area contributed by atoms with Gasteiger partial charge in [-0.1, -0.05) is 12.1 Å². The maximum atomic E-state index is 14.6. The van der Waals surface area contributed by atoms with Gasteiger partial charge in [-0.3, -0.25) is 9.52 Å². The zero-order valence-electron chi connectivity index (χ0n) is 18.1. The third-order valence-electron chi connectivity index (χ3n) is 5.20. The van der Waals surface area contributed by atoms with E-state index in [0.29, 0.717) is 24.7 Å². The van der Waals surface area contributed by atoms with Gasteiger partial charge in [-0.25, -0.2) is 17.5 Å². The van der Waals surface area contributed by atoms with E-state index in [4.69, 9.17) is 9.47 Å². The molecule has 1 aliphatic rings. The molecule has 0 radical (unpaired) electrons. The summed E-state index contributed by atoms with van der Waals surface area (Å²) in [6.45, 7) is 0.701. The Balaban J connectivity index is 1.37. The smallest absolute Gasteiger partial charge is 0.262 e. The van der Waals surface area contributed by atoms with Crippen LogP contribution in [0.1, 0.15) is 10.4 Å². The summed E-state index contributed by atoms with van der Waals surface area (Å²) in [6, 6.07) is 16.2. The number of anilines is 2. The van der Waals surface area contributed by atoms with Crippen LogP contribution in [0.25, 0.3) is 5.69 Å². The molecule has 5 rings (SSSR count). The van der Waals surface area contributed by atoms with Gasteiger partial charge in [0.1, 0.15) is 18.9 Å². The van der Waals surface area contributed by atoms with Gasteiger partial charge in [-0.05, 0) is 48.5 Å². The average molecular weight is 495 g/mol. The predicted molar refractivity (Wildman–Crippen MR) is 126 cm³/mol. The fourth-order valence-corrected chi connectivity index (χ4v) is 4.64. The molecule has 0 spiro atoms. The number of hydrogen-bond acceptors (Lipinski definition) is 6. The lowest BCUT2D eigenvalue weighted by Gasteiger charge is -2.19. The molecule has 11 heteroatoms. The highest BCUT2D eigenvalue weighted by Crippen LogP contribution is 2.33. The first-order valence-electron chi connectivity index (χ1n) is 10.5. The Morgan fingerprint density at radius 3 is 2.54 bits per heavy atom. The van der Waals surface area contributed by atoms with Gasteiger partial charge in [0.05, 0.1) is 16.1 Å². The zero-order chi connectivity index (χ0) is 24.4. The molecule has 0 bridgehead atoms. The van der Waals surface area contributed by atoms with Crippen molar-refractivity contribution in [1.82, 2.24) is 9.78 Å². The first kappa shape index (κ1) is 22.4. The van der Waals surface area contributed by atoms with Crippen molar-refractivity contribution >= 4 is 27.3 Å². The second-order valence-corrected chi connectivity index (χ2v) is 9.21. The highest BCUT2D eigenvalue weighted by molar-refractivity contribution is 7.92. The number of hydrogen-bond donors (Lipinski definition) is 2. The molecule has 4 aromatic rings. The van der Waals surface area contributed by atoms with E-state index in [1.807, 2.05) is 0 Å². The van der Waals surface area contributed by atoms with Gasteiger partial charge in [0, 0.05) is 24.1 Å². The van der Waals surface area contributed by atoms with Crippen LogP contribution in [-0.4, -0.2) is 37.3 Å². The standard InChI is InChI=1S/C24H19FN4O5S/c25-19-14-16(6-8-21(19)29-11-3-10-26-29)27-24(30)18-4-1-2-5-20(18)28-35(31,32)17-7-9-22-23(15-17)34-13-12-33-22/h1-11,14-15,28H,12-13H2,(H,27,30). The van der Waals surface area contributed by atoms with Crippen molar-refractivity contribution in [1.29, 1.82) is 0 Å². The third-order valence-corrected chi connectivity index (χ3v) is 6.56. The maximum absolute atomic E-state index is 14.6. The maximum Gasteiger partial charge on any atom is 0.262 e. The number of carbonyl (C=O) groups excluding carboxylic acids is 1. The Labute approximate surface area is 200 Å². The summed E-state index contributed by atoms with van der Waals surface area (Å²) in [4.78, 5) is 12.9. The molecule has 3 aromatic carbocycles. The normalized spacial score (nSPS) is 12.7. The van der Waals surface area contributed by atoms with E-state index in [1.165, 1.54) is 53.3 Å². The summed E-state index contributed by atoms with van der Waals surface area (Å²) in [5, 5.41) is 6.59. The van der Waals surface area contributed by atoms with Crippen molar-refractivity contribution in [2.24, 2.45) is 0 Å². The Morgan fingerprint density at radius 2 is 1.77 bits per heavy atom. The molecule has 0 aliphatic carbocycles. The van der Waals surface area contributed by atoms with Crippen LogP contribution < -0.4 is 19.5 Å². The summed E-state index contributed by atoms with van der Waals surface area (Å²) in [5.74, 6) is -0.415. The van der Waals surface area contributed by atoms with Gasteiger partial charge >= 0.3 is 0 Å². The minimum Gasteiger partial charge on any atom is -0.486 e. The van der Waals surface area contributed by atoms with Gasteiger partial charge in [0.25, 0.3) is 15.9 Å². The zero-order valence-corrected chi connectivity index (χ0v) is 19.0. The van der Waals surface area contributed by atoms with Crippen LogP contribution >= 0.6 is 0 Å². The Bertz CT molecular complexity index is 1510. The van der Waals surface area contributed by atoms with Gasteiger partial charge < -0.3 is 14.8 Å². The SMILES string of the molecule is O=C(Nc1ccc(-n2cccn2)c(F)c1)c1ccccc1NS(=O)(=O)c1ccc2c(c1)OCCO2. The summed E-state index contributed by atoms with van der Waals surface area (Å²) < 4.78 is 55.3. The Morgan fingerprint density at radius 1 is 0.971 bits per heavy atom. The summed E-state index contributed by atoms with van der Waals surface area (Å²) >= 11 is 0. The molecule has 2 N–H and O–H groups in total. The Kier molecular flexibility index (Phi) is 5.83. The van der Waals surface area contributed by atoms with E-state index in [-0.39, 0.29) is 27.5 Å². The van der Waals surface area contributed by atoms with Gasteiger partial charge in [0.2, 0.25) is 0 Å². The summed E-state index contributed by atoms with van der Waals surface area (Å²) in [6.07, 6.45) is 3.12. The lowest BCUT2D eigenvalue weighted by Crippen LogP contribution is -2.19. The topological polar surface area (TPSA) is 112 Å². The average Bonchev–Trinajstić information content (AvgIpc) is 3.38. The number of carbonyl (C=O) groups is 1. The van der Waals surface area contributed by atoms with E-state index < -0.39 is 21.7 Å². The molecule has 1 aliphatic heterocycles. The largest absolute Gasteiger partial charge is 0.486 e. The molecular formula is C24H19FN4O5S. The first-order valence-corrected chi connectivity index (χ1v) is 12.0. The number of halogens is 1. The number of rotatable bonds is 6. The van der Waals surface area contributed by atoms with Crippen LogP contribution in [0.3, 0.4) is 0 Å². The quantitative estimate of drug-likeness (QED) is 0.421. The minimum absolute atomic E-state index is 0.0479. The van der Waals surface area contributed by atoms with Crippen LogP contribution in [0.15, 0.2) is 84.0 Å². The van der Waals surface area contributed by atoms with E-state index in [9.17, 15) is 17.6 Å². The van der Waals surface area contributed by atoms with E-state index >= 15 is 0 Å². The molecule has 178 valence electrons. The molecule has 1 aromatic heterocycles. The lowest BCUT2D eigenvalue weighted by atomic mass is 10.1. The molecule has 9 nitrogen and oxygen atoms in total. The van der Waals surface area contributed by atoms with Gasteiger partial charge in [-0.15, -0.1) is 0 Å². The Hall–Kier alpha value is -4.38. The van der Waals surface area contributed by atoms with E-state index in [2.05, 4.69) is 15.1 Å². The number of nitrogens with zero attached hydrogens (tertiary/aromatic N) is 2. The molecule has 0 atom stereocenters. The molecule has 0 fully saturated rings. The summed E-state index contributed by atoms with van der Waals surface area (Å²) in [7, 11) is -4.05. The van der Waals surface area contributed by atoms with Crippen molar-refractivity contribution in [3.05, 3.63) is 90.5 Å². The van der Waals surface area contributed by atoms with Gasteiger partial charge in [-0.2, -0.15) is 5.10 Å². The van der Waals surface area contributed by atoms with Crippen LogP contribution in [-0.2, 0) is 10.0 Å². The van der Waals surface area contributed by atoms with Crippen molar-refractivity contribution in [2.45, 2.75) is 4.90 Å². The first-order chi connectivity index (χ1) is 16.9. The van der Waals surface area contributed by atoms with Crippen LogP contribution in [0, 0.1) is 5.82 Å². The van der Waals surface area contributed by atoms with Crippen molar-refractivity contribution in [2.75, 3.05) is 23.3 Å². The number of ether oxygens (including phenoxy) is 2. The molecular weight excluding hydrogens is 475 g/mol. The molecule has 2 heterocycles. The van der Waals surface area contributed by atoms with E-state index in [0.717, 1.165) is 6.07 Å². The van der Waals surface area contributed by atoms with Crippen molar-refractivity contribution in [3.8, 4) is 17.2 Å². The predicted octanol–water partition coefficient (Wildman–Crippen LogP) is 3.84. The van der Waals surface area contributed by atoms with Crippen LogP contribution in [0.2, 0.25) is 0 Å². The second-order valence-electron chi connectivity index (χ2n) is 7.53. The molecule has 1 amide bonds. The fourth-order valence-electron chi connectivity index (χ4n) is 3.54. The van der Waals surface area contributed by atoms with E-state index in [1.54, 1.807) is 24.4 Å². The van der Waals surface area contributed by atoms with Crippen LogP contribution in [0.4, 0.5) is 15.8 Å². The molecule has 35 heavy (non-hydrogen) atoms. The lowest BCUT2D eigenvalue weighted by molar-refractivity contribution is 0.102.